The zero-order valence-electron chi connectivity index (χ0n) is 15.1. The molecule has 2 N–H and O–H groups in total. The molecule has 3 aromatic rings. The molecule has 1 aliphatic rings. The number of benzene rings is 1. The fourth-order valence-electron chi connectivity index (χ4n) is 3.07. The first kappa shape index (κ1) is 17.4. The number of hydrogen-bond donors (Lipinski definition) is 2. The Hall–Kier alpha value is -3.00. The van der Waals surface area contributed by atoms with Gasteiger partial charge < -0.3 is 5.32 Å². The quantitative estimate of drug-likeness (QED) is 0.724. The Morgan fingerprint density at radius 1 is 1.37 bits per heavy atom. The van der Waals surface area contributed by atoms with E-state index in [9.17, 15) is 9.59 Å². The van der Waals surface area contributed by atoms with Crippen molar-refractivity contribution < 1.29 is 9.59 Å². The van der Waals surface area contributed by atoms with Crippen LogP contribution >= 0.6 is 11.3 Å². The van der Waals surface area contributed by atoms with Gasteiger partial charge in [-0.1, -0.05) is 6.07 Å². The third-order valence-electron chi connectivity index (χ3n) is 4.54. The van der Waals surface area contributed by atoms with Gasteiger partial charge in [-0.2, -0.15) is 5.10 Å². The van der Waals surface area contributed by atoms with Crippen LogP contribution in [0.3, 0.4) is 0 Å². The van der Waals surface area contributed by atoms with E-state index in [0.29, 0.717) is 29.4 Å². The van der Waals surface area contributed by atoms with Crippen LogP contribution in [0, 0.1) is 6.92 Å². The third kappa shape index (κ3) is 3.48. The molecule has 2 aromatic heterocycles. The standard InChI is InChI=1S/C19H19N5O2S/c1-3-24-9-14(11(2)23-24)18(26)22-19-21-16(10-27-19)13-4-6-15-12(8-13)5-7-17(25)20-15/h4,6,8-10H,3,5,7H2,1-2H3,(H,20,25)(H,21,22,26). The maximum absolute atomic E-state index is 12.5. The molecule has 4 rings (SSSR count). The first-order valence-corrected chi connectivity index (χ1v) is 9.65. The number of aromatic nitrogens is 3. The summed E-state index contributed by atoms with van der Waals surface area (Å²) in [5.41, 5.74) is 4.99. The van der Waals surface area contributed by atoms with Gasteiger partial charge in [0.2, 0.25) is 5.91 Å². The molecule has 7 nitrogen and oxygen atoms in total. The summed E-state index contributed by atoms with van der Waals surface area (Å²) in [6.45, 7) is 4.51. The molecule has 0 saturated carbocycles. The highest BCUT2D eigenvalue weighted by Gasteiger charge is 2.17. The molecule has 0 radical (unpaired) electrons. The highest BCUT2D eigenvalue weighted by Crippen LogP contribution is 2.30. The van der Waals surface area contributed by atoms with Crippen molar-refractivity contribution in [2.75, 3.05) is 10.6 Å². The van der Waals surface area contributed by atoms with Crippen LogP contribution in [0.15, 0.2) is 29.8 Å². The molecule has 0 saturated heterocycles. The molecule has 0 aliphatic carbocycles. The van der Waals surface area contributed by atoms with Crippen molar-refractivity contribution in [2.45, 2.75) is 33.2 Å². The number of nitrogens with zero attached hydrogens (tertiary/aromatic N) is 3. The molecular formula is C19H19N5O2S. The monoisotopic (exact) mass is 381 g/mol. The van der Waals surface area contributed by atoms with Crippen molar-refractivity contribution in [3.05, 3.63) is 46.6 Å². The number of fused-ring (bicyclic) bond motifs is 1. The normalized spacial score (nSPS) is 13.2. The number of anilines is 2. The van der Waals surface area contributed by atoms with Crippen LogP contribution in [0.5, 0.6) is 0 Å². The van der Waals surface area contributed by atoms with Crippen molar-refractivity contribution >= 4 is 34.0 Å². The minimum atomic E-state index is -0.207. The molecule has 1 aliphatic heterocycles. The predicted molar refractivity (Wildman–Crippen MR) is 105 cm³/mol. The number of carbonyl (C=O) groups excluding carboxylic acids is 2. The largest absolute Gasteiger partial charge is 0.326 e. The van der Waals surface area contributed by atoms with Crippen LogP contribution in [0.1, 0.15) is 35.0 Å². The van der Waals surface area contributed by atoms with Crippen LogP contribution in [0.2, 0.25) is 0 Å². The van der Waals surface area contributed by atoms with Gasteiger partial charge in [-0.15, -0.1) is 11.3 Å². The van der Waals surface area contributed by atoms with Gasteiger partial charge in [0.25, 0.3) is 5.91 Å². The van der Waals surface area contributed by atoms with Crippen LogP contribution < -0.4 is 10.6 Å². The van der Waals surface area contributed by atoms with E-state index in [1.807, 2.05) is 37.4 Å². The molecule has 8 heteroatoms. The molecule has 1 aromatic carbocycles. The van der Waals surface area contributed by atoms with Gasteiger partial charge in [-0.25, -0.2) is 4.98 Å². The first-order valence-electron chi connectivity index (χ1n) is 8.77. The second-order valence-electron chi connectivity index (χ2n) is 6.40. The van der Waals surface area contributed by atoms with E-state index in [1.165, 1.54) is 11.3 Å². The number of thiazole rings is 1. The topological polar surface area (TPSA) is 88.9 Å². The van der Waals surface area contributed by atoms with Crippen molar-refractivity contribution in [1.82, 2.24) is 14.8 Å². The summed E-state index contributed by atoms with van der Waals surface area (Å²) in [5.74, 6) is -0.156. The summed E-state index contributed by atoms with van der Waals surface area (Å²) in [5, 5.41) is 12.5. The maximum atomic E-state index is 12.5. The van der Waals surface area contributed by atoms with Crippen molar-refractivity contribution in [3.63, 3.8) is 0 Å². The van der Waals surface area contributed by atoms with E-state index in [2.05, 4.69) is 20.7 Å². The molecule has 0 unspecified atom stereocenters. The molecule has 138 valence electrons. The average molecular weight is 381 g/mol. The summed E-state index contributed by atoms with van der Waals surface area (Å²) < 4.78 is 1.74. The van der Waals surface area contributed by atoms with Gasteiger partial charge in [0.15, 0.2) is 5.13 Å². The molecule has 3 heterocycles. The smallest absolute Gasteiger partial charge is 0.260 e. The number of rotatable bonds is 4. The summed E-state index contributed by atoms with van der Waals surface area (Å²) in [4.78, 5) is 28.5. The summed E-state index contributed by atoms with van der Waals surface area (Å²) in [6.07, 6.45) is 2.97. The van der Waals surface area contributed by atoms with Gasteiger partial charge in [0, 0.05) is 35.8 Å². The van der Waals surface area contributed by atoms with Crippen LogP contribution in [-0.2, 0) is 17.8 Å². The predicted octanol–water partition coefficient (Wildman–Crippen LogP) is 3.47. The molecule has 0 bridgehead atoms. The zero-order chi connectivity index (χ0) is 19.0. The Balaban J connectivity index is 1.52. The SMILES string of the molecule is CCn1cc(C(=O)Nc2nc(-c3ccc4c(c3)CCC(=O)N4)cs2)c(C)n1. The molecular weight excluding hydrogens is 362 g/mol. The summed E-state index contributed by atoms with van der Waals surface area (Å²) in [7, 11) is 0. The minimum absolute atomic E-state index is 0.0515. The molecule has 2 amide bonds. The van der Waals surface area contributed by atoms with Gasteiger partial charge in [-0.05, 0) is 38.0 Å². The maximum Gasteiger partial charge on any atom is 0.260 e. The Bertz CT molecular complexity index is 1040. The lowest BCUT2D eigenvalue weighted by molar-refractivity contribution is -0.116. The molecule has 0 spiro atoms. The number of nitrogens with one attached hydrogen (secondary N) is 2. The summed E-state index contributed by atoms with van der Waals surface area (Å²) in [6, 6.07) is 5.88. The lowest BCUT2D eigenvalue weighted by Crippen LogP contribution is -2.18. The average Bonchev–Trinajstić information content (AvgIpc) is 3.27. The lowest BCUT2D eigenvalue weighted by Gasteiger charge is -2.17. The van der Waals surface area contributed by atoms with Gasteiger partial charge in [0.1, 0.15) is 0 Å². The van der Waals surface area contributed by atoms with E-state index in [0.717, 1.165) is 28.9 Å². The zero-order valence-corrected chi connectivity index (χ0v) is 15.9. The minimum Gasteiger partial charge on any atom is -0.326 e. The van der Waals surface area contributed by atoms with E-state index in [-0.39, 0.29) is 11.8 Å². The van der Waals surface area contributed by atoms with E-state index in [1.54, 1.807) is 10.9 Å². The lowest BCUT2D eigenvalue weighted by atomic mass is 9.99. The number of carbonyl (C=O) groups is 2. The molecule has 27 heavy (non-hydrogen) atoms. The highest BCUT2D eigenvalue weighted by atomic mass is 32.1. The Morgan fingerprint density at radius 2 is 2.22 bits per heavy atom. The number of aryl methyl sites for hydroxylation is 3. The number of hydrogen-bond acceptors (Lipinski definition) is 5. The van der Waals surface area contributed by atoms with Crippen LogP contribution in [-0.4, -0.2) is 26.6 Å². The molecule has 0 atom stereocenters. The van der Waals surface area contributed by atoms with Gasteiger partial charge >= 0.3 is 0 Å². The molecule has 0 fully saturated rings. The van der Waals surface area contributed by atoms with Crippen molar-refractivity contribution in [3.8, 4) is 11.3 Å². The van der Waals surface area contributed by atoms with Crippen molar-refractivity contribution in [1.29, 1.82) is 0 Å². The van der Waals surface area contributed by atoms with Crippen LogP contribution in [0.25, 0.3) is 11.3 Å². The van der Waals surface area contributed by atoms with Gasteiger partial charge in [0.05, 0.1) is 17.0 Å². The third-order valence-corrected chi connectivity index (χ3v) is 5.29. The first-order chi connectivity index (χ1) is 13.0. The van der Waals surface area contributed by atoms with E-state index in [4.69, 9.17) is 0 Å². The van der Waals surface area contributed by atoms with Gasteiger partial charge in [-0.3, -0.25) is 19.6 Å². The Morgan fingerprint density at radius 3 is 3.00 bits per heavy atom. The Labute approximate surface area is 160 Å². The second-order valence-corrected chi connectivity index (χ2v) is 7.25. The fourth-order valence-corrected chi connectivity index (χ4v) is 3.79. The fraction of sp³-hybridized carbons (Fsp3) is 0.263. The van der Waals surface area contributed by atoms with Crippen LogP contribution in [0.4, 0.5) is 10.8 Å². The highest BCUT2D eigenvalue weighted by molar-refractivity contribution is 7.14. The summed E-state index contributed by atoms with van der Waals surface area (Å²) >= 11 is 1.38. The van der Waals surface area contributed by atoms with E-state index >= 15 is 0 Å². The Kier molecular flexibility index (Phi) is 4.49. The van der Waals surface area contributed by atoms with E-state index < -0.39 is 0 Å². The second kappa shape index (κ2) is 6.96. The number of amides is 2. The van der Waals surface area contributed by atoms with Crippen molar-refractivity contribution in [2.24, 2.45) is 0 Å².